The van der Waals surface area contributed by atoms with Crippen LogP contribution in [-0.4, -0.2) is 34.4 Å². The van der Waals surface area contributed by atoms with Gasteiger partial charge in [-0.2, -0.15) is 0 Å². The number of carbonyl (C=O) groups is 2. The zero-order chi connectivity index (χ0) is 19.7. The zero-order valence-corrected chi connectivity index (χ0v) is 15.0. The van der Waals surface area contributed by atoms with Gasteiger partial charge in [-0.25, -0.2) is 14.4 Å². The average Bonchev–Trinajstić information content (AvgIpc) is 2.61. The Morgan fingerprint density at radius 1 is 1.00 bits per heavy atom. The van der Waals surface area contributed by atoms with E-state index in [1.807, 2.05) is 0 Å². The maximum Gasteiger partial charge on any atom is 0.344 e. The largest absolute Gasteiger partial charge is 0.479 e. The number of hydrogen-bond acceptors (Lipinski definition) is 6. The molecule has 8 nitrogen and oxygen atoms in total. The van der Waals surface area contributed by atoms with Gasteiger partial charge in [0.15, 0.2) is 12.2 Å². The van der Waals surface area contributed by atoms with Gasteiger partial charge in [0, 0.05) is 17.7 Å². The van der Waals surface area contributed by atoms with Crippen LogP contribution >= 0.6 is 0 Å². The van der Waals surface area contributed by atoms with Crippen molar-refractivity contribution in [3.05, 3.63) is 33.7 Å². The van der Waals surface area contributed by atoms with Crippen LogP contribution in [0.1, 0.15) is 37.8 Å². The lowest BCUT2D eigenvalue weighted by atomic mass is 9.90. The van der Waals surface area contributed by atoms with E-state index in [-0.39, 0.29) is 17.1 Å². The Hall–Kier alpha value is -3.03. The molecule has 3 rings (SSSR count). The highest BCUT2D eigenvalue weighted by Gasteiger charge is 2.24. The van der Waals surface area contributed by atoms with E-state index in [9.17, 15) is 19.5 Å². The second kappa shape index (κ2) is 7.30. The summed E-state index contributed by atoms with van der Waals surface area (Å²) in [5.74, 6) is -2.01. The van der Waals surface area contributed by atoms with Crippen molar-refractivity contribution in [2.24, 2.45) is 0 Å². The van der Waals surface area contributed by atoms with Gasteiger partial charge in [-0.05, 0) is 45.1 Å². The van der Waals surface area contributed by atoms with Crippen LogP contribution in [0.15, 0.2) is 21.3 Å². The molecular weight excluding hydrogens is 356 g/mol. The third-order valence-electron chi connectivity index (χ3n) is 4.57. The van der Waals surface area contributed by atoms with Gasteiger partial charge in [0.2, 0.25) is 0 Å². The van der Waals surface area contributed by atoms with Crippen LogP contribution in [0.5, 0.6) is 11.5 Å². The summed E-state index contributed by atoms with van der Waals surface area (Å²) < 4.78 is 16.4. The molecule has 0 amide bonds. The van der Waals surface area contributed by atoms with Crippen molar-refractivity contribution >= 4 is 22.9 Å². The maximum atomic E-state index is 12.3. The molecule has 0 spiro atoms. The number of aliphatic carboxylic acids is 2. The van der Waals surface area contributed by atoms with E-state index in [1.54, 1.807) is 0 Å². The van der Waals surface area contributed by atoms with Crippen LogP contribution in [-0.2, 0) is 22.4 Å². The summed E-state index contributed by atoms with van der Waals surface area (Å²) in [5, 5.41) is 18.8. The Labute approximate surface area is 154 Å². The fourth-order valence-electron chi connectivity index (χ4n) is 3.17. The van der Waals surface area contributed by atoms with Crippen molar-refractivity contribution in [3.63, 3.8) is 0 Å². The minimum Gasteiger partial charge on any atom is -0.479 e. The minimum absolute atomic E-state index is 0.115. The van der Waals surface area contributed by atoms with Crippen LogP contribution < -0.4 is 15.1 Å². The van der Waals surface area contributed by atoms with E-state index < -0.39 is 29.8 Å². The highest BCUT2D eigenvalue weighted by molar-refractivity contribution is 5.90. The molecule has 0 radical (unpaired) electrons. The van der Waals surface area contributed by atoms with Gasteiger partial charge >= 0.3 is 17.6 Å². The lowest BCUT2D eigenvalue weighted by Gasteiger charge is -2.20. The van der Waals surface area contributed by atoms with E-state index in [4.69, 9.17) is 19.0 Å². The molecule has 8 heteroatoms. The standard InChI is InChI=1S/C19H20O8/c1-9(17(20)21)25-11-7-14(26-10(2)18(22)23)16-12-5-3-4-6-13(12)19(24)27-15(16)8-11/h7-10H,3-6H2,1-2H3,(H,20,21)(H,22,23)/t9-,10+/m0/s1. The molecule has 1 aliphatic carbocycles. The highest BCUT2D eigenvalue weighted by Crippen LogP contribution is 2.37. The summed E-state index contributed by atoms with van der Waals surface area (Å²) in [4.78, 5) is 34.6. The van der Waals surface area contributed by atoms with Crippen molar-refractivity contribution in [3.8, 4) is 11.5 Å². The van der Waals surface area contributed by atoms with Gasteiger partial charge in [0.05, 0.1) is 5.39 Å². The second-order valence-corrected chi connectivity index (χ2v) is 6.54. The third-order valence-corrected chi connectivity index (χ3v) is 4.57. The van der Waals surface area contributed by atoms with Gasteiger partial charge < -0.3 is 24.1 Å². The van der Waals surface area contributed by atoms with Gasteiger partial charge in [-0.15, -0.1) is 0 Å². The smallest absolute Gasteiger partial charge is 0.344 e. The number of rotatable bonds is 6. The number of carboxylic acids is 2. The lowest BCUT2D eigenvalue weighted by molar-refractivity contribution is -0.144. The van der Waals surface area contributed by atoms with E-state index in [0.717, 1.165) is 18.4 Å². The molecule has 1 aromatic heterocycles. The zero-order valence-electron chi connectivity index (χ0n) is 15.0. The Balaban J connectivity index is 2.20. The maximum absolute atomic E-state index is 12.3. The first-order valence-electron chi connectivity index (χ1n) is 8.69. The first kappa shape index (κ1) is 18.8. The molecule has 0 saturated heterocycles. The summed E-state index contributed by atoms with van der Waals surface area (Å²) in [5.41, 5.74) is 1.10. The van der Waals surface area contributed by atoms with Crippen molar-refractivity contribution in [1.82, 2.24) is 0 Å². The number of ether oxygens (including phenoxy) is 2. The SMILES string of the molecule is C[C@H](Oc1cc(O[C@H](C)C(=O)O)c2c3c(c(=O)oc2c1)CCCC3)C(=O)O. The number of carboxylic acid groups (broad SMARTS) is 2. The lowest BCUT2D eigenvalue weighted by Crippen LogP contribution is -2.24. The monoisotopic (exact) mass is 376 g/mol. The van der Waals surface area contributed by atoms with Crippen LogP contribution in [0, 0.1) is 0 Å². The minimum atomic E-state index is -1.16. The third kappa shape index (κ3) is 3.74. The molecule has 27 heavy (non-hydrogen) atoms. The molecule has 1 aliphatic rings. The summed E-state index contributed by atoms with van der Waals surface area (Å²) in [6, 6.07) is 2.87. The van der Waals surface area contributed by atoms with Crippen LogP contribution in [0.25, 0.3) is 11.0 Å². The molecule has 0 unspecified atom stereocenters. The van der Waals surface area contributed by atoms with E-state index >= 15 is 0 Å². The molecular formula is C19H20O8. The summed E-state index contributed by atoms with van der Waals surface area (Å²) in [6.07, 6.45) is 0.732. The Morgan fingerprint density at radius 2 is 1.59 bits per heavy atom. The van der Waals surface area contributed by atoms with Gasteiger partial charge in [-0.3, -0.25) is 0 Å². The molecule has 0 saturated carbocycles. The molecule has 144 valence electrons. The Kier molecular flexibility index (Phi) is 5.07. The average molecular weight is 376 g/mol. The molecule has 0 fully saturated rings. The van der Waals surface area contributed by atoms with Crippen LogP contribution in [0.2, 0.25) is 0 Å². The number of fused-ring (bicyclic) bond motifs is 3. The fraction of sp³-hybridized carbons (Fsp3) is 0.421. The fourth-order valence-corrected chi connectivity index (χ4v) is 3.17. The van der Waals surface area contributed by atoms with Gasteiger partial charge in [0.1, 0.15) is 17.1 Å². The van der Waals surface area contributed by atoms with Crippen LogP contribution in [0.4, 0.5) is 0 Å². The second-order valence-electron chi connectivity index (χ2n) is 6.54. The Bertz CT molecular complexity index is 958. The molecule has 2 N–H and O–H groups in total. The summed E-state index contributed by atoms with van der Waals surface area (Å²) >= 11 is 0. The number of aryl methyl sites for hydroxylation is 1. The molecule has 0 bridgehead atoms. The first-order chi connectivity index (χ1) is 12.8. The molecule has 2 atom stereocenters. The molecule has 2 aromatic rings. The van der Waals surface area contributed by atoms with Gasteiger partial charge in [0.25, 0.3) is 0 Å². The highest BCUT2D eigenvalue weighted by atomic mass is 16.5. The van der Waals surface area contributed by atoms with Crippen molar-refractivity contribution in [1.29, 1.82) is 0 Å². The quantitative estimate of drug-likeness (QED) is 0.737. The predicted molar refractivity (Wildman–Crippen MR) is 94.6 cm³/mol. The number of hydrogen-bond donors (Lipinski definition) is 2. The summed E-state index contributed by atoms with van der Waals surface area (Å²) in [6.45, 7) is 2.74. The Morgan fingerprint density at radius 3 is 2.22 bits per heavy atom. The molecule has 0 aliphatic heterocycles. The predicted octanol–water partition coefficient (Wildman–Crippen LogP) is 2.38. The van der Waals surface area contributed by atoms with E-state index in [1.165, 1.54) is 26.0 Å². The first-order valence-corrected chi connectivity index (χ1v) is 8.69. The molecule has 1 aromatic carbocycles. The van der Waals surface area contributed by atoms with Crippen molar-refractivity contribution < 1.29 is 33.7 Å². The normalized spacial score (nSPS) is 15.6. The topological polar surface area (TPSA) is 123 Å². The van der Waals surface area contributed by atoms with Crippen LogP contribution in [0.3, 0.4) is 0 Å². The van der Waals surface area contributed by atoms with E-state index in [2.05, 4.69) is 0 Å². The number of benzene rings is 1. The molecule has 1 heterocycles. The summed E-state index contributed by atoms with van der Waals surface area (Å²) in [7, 11) is 0. The van der Waals surface area contributed by atoms with E-state index in [0.29, 0.717) is 23.8 Å². The van der Waals surface area contributed by atoms with Gasteiger partial charge in [-0.1, -0.05) is 0 Å². The van der Waals surface area contributed by atoms with Crippen molar-refractivity contribution in [2.45, 2.75) is 51.7 Å². The van der Waals surface area contributed by atoms with Crippen molar-refractivity contribution in [2.75, 3.05) is 0 Å².